The molecule has 0 saturated carbocycles. The van der Waals surface area contributed by atoms with Gasteiger partial charge in [-0.3, -0.25) is 0 Å². The first-order valence-electron chi connectivity index (χ1n) is 3.74. The summed E-state index contributed by atoms with van der Waals surface area (Å²) in [6.45, 7) is 2.80. The second-order valence-corrected chi connectivity index (χ2v) is 3.72. The van der Waals surface area contributed by atoms with E-state index in [1.165, 1.54) is 9.75 Å². The lowest BCUT2D eigenvalue weighted by Crippen LogP contribution is -2.10. The third-order valence-corrected chi connectivity index (χ3v) is 3.03. The molecule has 2 nitrogen and oxygen atoms in total. The molecule has 0 aliphatic carbocycles. The summed E-state index contributed by atoms with van der Waals surface area (Å²) in [7, 11) is 1.96. The topological polar surface area (TPSA) is 38.0 Å². The molecule has 0 fully saturated rings. The molecule has 1 rings (SSSR count). The summed E-state index contributed by atoms with van der Waals surface area (Å²) in [6, 6.07) is 4.67. The van der Waals surface area contributed by atoms with Gasteiger partial charge >= 0.3 is 0 Å². The Balaban J connectivity index is 2.71. The van der Waals surface area contributed by atoms with Crippen molar-refractivity contribution in [2.45, 2.75) is 19.5 Å². The van der Waals surface area contributed by atoms with Gasteiger partial charge in [0.2, 0.25) is 0 Å². The molecule has 11 heavy (non-hydrogen) atoms. The van der Waals surface area contributed by atoms with Crippen molar-refractivity contribution in [2.24, 2.45) is 5.73 Å². The number of rotatable bonds is 3. The van der Waals surface area contributed by atoms with Crippen molar-refractivity contribution in [2.75, 3.05) is 7.05 Å². The Hall–Kier alpha value is -0.380. The first-order valence-corrected chi connectivity index (χ1v) is 4.55. The van der Waals surface area contributed by atoms with Gasteiger partial charge in [-0.2, -0.15) is 0 Å². The molecule has 1 unspecified atom stereocenters. The summed E-state index contributed by atoms with van der Waals surface area (Å²) in [5.74, 6) is 0. The Morgan fingerprint density at radius 3 is 2.82 bits per heavy atom. The Bertz CT molecular complexity index is 220. The Labute approximate surface area is 71.4 Å². The molecule has 0 spiro atoms. The fourth-order valence-electron chi connectivity index (χ4n) is 0.879. The molecule has 1 aromatic heterocycles. The second kappa shape index (κ2) is 3.85. The van der Waals surface area contributed by atoms with Crippen LogP contribution in [-0.4, -0.2) is 7.05 Å². The maximum atomic E-state index is 5.49. The summed E-state index contributed by atoms with van der Waals surface area (Å²) in [5, 5.41) is 3.19. The molecule has 0 bridgehead atoms. The van der Waals surface area contributed by atoms with E-state index < -0.39 is 0 Å². The van der Waals surface area contributed by atoms with E-state index in [2.05, 4.69) is 24.4 Å². The van der Waals surface area contributed by atoms with E-state index in [1.54, 1.807) is 11.3 Å². The maximum Gasteiger partial charge on any atom is 0.0383 e. The van der Waals surface area contributed by atoms with Gasteiger partial charge in [-0.25, -0.2) is 0 Å². The summed E-state index contributed by atoms with van der Waals surface area (Å²) in [5.41, 5.74) is 5.49. The lowest BCUT2D eigenvalue weighted by molar-refractivity contribution is 0.664. The highest BCUT2D eigenvalue weighted by Crippen LogP contribution is 2.21. The lowest BCUT2D eigenvalue weighted by Gasteiger charge is -2.05. The fraction of sp³-hybridized carbons (Fsp3) is 0.500. The van der Waals surface area contributed by atoms with Gasteiger partial charge in [0.15, 0.2) is 0 Å². The largest absolute Gasteiger partial charge is 0.326 e. The predicted molar refractivity (Wildman–Crippen MR) is 49.7 cm³/mol. The number of hydrogen-bond donors (Lipinski definition) is 2. The van der Waals surface area contributed by atoms with Crippen molar-refractivity contribution >= 4 is 11.3 Å². The molecule has 0 saturated heterocycles. The highest BCUT2D eigenvalue weighted by atomic mass is 32.1. The van der Waals surface area contributed by atoms with Crippen molar-refractivity contribution in [3.63, 3.8) is 0 Å². The molecule has 3 heteroatoms. The van der Waals surface area contributed by atoms with Crippen molar-refractivity contribution in [1.29, 1.82) is 0 Å². The van der Waals surface area contributed by atoms with Crippen molar-refractivity contribution in [3.8, 4) is 0 Å². The van der Waals surface area contributed by atoms with Gasteiger partial charge in [0.05, 0.1) is 0 Å². The standard InChI is InChI=1S/C8H14N2S/c1-6(10-2)8-4-3-7(5-9)11-8/h3-4,6,10H,5,9H2,1-2H3. The van der Waals surface area contributed by atoms with Crippen LogP contribution in [0.25, 0.3) is 0 Å². The summed E-state index contributed by atoms with van der Waals surface area (Å²) in [4.78, 5) is 2.61. The van der Waals surface area contributed by atoms with Crippen LogP contribution in [0.1, 0.15) is 22.7 Å². The lowest BCUT2D eigenvalue weighted by atomic mass is 10.3. The van der Waals surface area contributed by atoms with Crippen molar-refractivity contribution < 1.29 is 0 Å². The van der Waals surface area contributed by atoms with Gasteiger partial charge < -0.3 is 11.1 Å². The van der Waals surface area contributed by atoms with E-state index in [0.29, 0.717) is 12.6 Å². The fourth-order valence-corrected chi connectivity index (χ4v) is 1.83. The van der Waals surface area contributed by atoms with Crippen LogP contribution in [0.15, 0.2) is 12.1 Å². The predicted octanol–water partition coefficient (Wildman–Crippen LogP) is 1.49. The second-order valence-electron chi connectivity index (χ2n) is 2.52. The van der Waals surface area contributed by atoms with Crippen molar-refractivity contribution in [3.05, 3.63) is 21.9 Å². The first kappa shape index (κ1) is 8.71. The van der Waals surface area contributed by atoms with Crippen LogP contribution >= 0.6 is 11.3 Å². The van der Waals surface area contributed by atoms with Crippen LogP contribution in [0.2, 0.25) is 0 Å². The SMILES string of the molecule is CNC(C)c1ccc(CN)s1. The Morgan fingerprint density at radius 1 is 1.64 bits per heavy atom. The summed E-state index contributed by atoms with van der Waals surface area (Å²) < 4.78 is 0. The molecule has 1 atom stereocenters. The van der Waals surface area contributed by atoms with E-state index in [-0.39, 0.29) is 0 Å². The maximum absolute atomic E-state index is 5.49. The Morgan fingerprint density at radius 2 is 2.36 bits per heavy atom. The van der Waals surface area contributed by atoms with Crippen LogP contribution in [0, 0.1) is 0 Å². The summed E-state index contributed by atoms with van der Waals surface area (Å²) in [6.07, 6.45) is 0. The van der Waals surface area contributed by atoms with Crippen molar-refractivity contribution in [1.82, 2.24) is 5.32 Å². The van der Waals surface area contributed by atoms with E-state index in [9.17, 15) is 0 Å². The highest BCUT2D eigenvalue weighted by molar-refractivity contribution is 7.12. The molecule has 1 aromatic rings. The zero-order chi connectivity index (χ0) is 8.27. The minimum Gasteiger partial charge on any atom is -0.326 e. The van der Waals surface area contributed by atoms with Crippen LogP contribution in [0.5, 0.6) is 0 Å². The van der Waals surface area contributed by atoms with Gasteiger partial charge in [-0.15, -0.1) is 11.3 Å². The van der Waals surface area contributed by atoms with Crippen LogP contribution in [0.3, 0.4) is 0 Å². The van der Waals surface area contributed by atoms with Crippen LogP contribution < -0.4 is 11.1 Å². The molecule has 0 amide bonds. The van der Waals surface area contributed by atoms with E-state index >= 15 is 0 Å². The average Bonchev–Trinajstić information content (AvgIpc) is 2.50. The van der Waals surface area contributed by atoms with Crippen LogP contribution in [-0.2, 0) is 6.54 Å². The van der Waals surface area contributed by atoms with E-state index in [1.807, 2.05) is 7.05 Å². The smallest absolute Gasteiger partial charge is 0.0383 e. The molecule has 0 aliphatic rings. The normalized spacial score (nSPS) is 13.4. The first-order chi connectivity index (χ1) is 5.27. The molecule has 1 heterocycles. The van der Waals surface area contributed by atoms with Crippen LogP contribution in [0.4, 0.5) is 0 Å². The van der Waals surface area contributed by atoms with E-state index in [4.69, 9.17) is 5.73 Å². The molecule has 0 aliphatic heterocycles. The molecule has 62 valence electrons. The third-order valence-electron chi connectivity index (χ3n) is 1.74. The minimum atomic E-state index is 0.445. The molecule has 0 aromatic carbocycles. The zero-order valence-corrected chi connectivity index (χ0v) is 7.74. The monoisotopic (exact) mass is 170 g/mol. The van der Waals surface area contributed by atoms with Gasteiger partial charge in [0.1, 0.15) is 0 Å². The van der Waals surface area contributed by atoms with E-state index in [0.717, 1.165) is 0 Å². The van der Waals surface area contributed by atoms with Gasteiger partial charge in [-0.05, 0) is 26.1 Å². The highest BCUT2D eigenvalue weighted by Gasteiger charge is 2.04. The number of thiophene rings is 1. The number of nitrogens with one attached hydrogen (secondary N) is 1. The molecular weight excluding hydrogens is 156 g/mol. The summed E-state index contributed by atoms with van der Waals surface area (Å²) >= 11 is 1.78. The quantitative estimate of drug-likeness (QED) is 0.721. The molecule has 3 N–H and O–H groups in total. The third kappa shape index (κ3) is 2.02. The van der Waals surface area contributed by atoms with Gasteiger partial charge in [-0.1, -0.05) is 0 Å². The van der Waals surface area contributed by atoms with Gasteiger partial charge in [0, 0.05) is 22.3 Å². The molecular formula is C8H14N2S. The minimum absolute atomic E-state index is 0.445. The number of hydrogen-bond acceptors (Lipinski definition) is 3. The average molecular weight is 170 g/mol. The zero-order valence-electron chi connectivity index (χ0n) is 6.92. The Kier molecular flexibility index (Phi) is 3.05. The number of nitrogens with two attached hydrogens (primary N) is 1. The van der Waals surface area contributed by atoms with Gasteiger partial charge in [0.25, 0.3) is 0 Å². The molecule has 0 radical (unpaired) electrons.